The first-order chi connectivity index (χ1) is 19.5. The number of likely N-dealkylation sites (tertiary alicyclic amines) is 1. The number of benzene rings is 1. The summed E-state index contributed by atoms with van der Waals surface area (Å²) < 4.78 is 0. The average molecular weight is 572 g/mol. The number of imidazole rings is 1. The van der Waals surface area contributed by atoms with Gasteiger partial charge in [0.05, 0.1) is 12.4 Å². The normalized spacial score (nSPS) is 16.8. The van der Waals surface area contributed by atoms with Gasteiger partial charge in [0.2, 0.25) is 17.7 Å². The van der Waals surface area contributed by atoms with E-state index in [1.54, 1.807) is 18.3 Å². The Bertz CT molecular complexity index is 1210. The zero-order valence-electron chi connectivity index (χ0n) is 22.5. The van der Waals surface area contributed by atoms with E-state index < -0.39 is 47.9 Å². The number of aliphatic imine (C=N–C) groups is 1. The van der Waals surface area contributed by atoms with Crippen molar-refractivity contribution in [2.75, 3.05) is 13.1 Å². The number of nitrogens with one attached hydrogen (secondary N) is 3. The van der Waals surface area contributed by atoms with E-state index in [2.05, 4.69) is 25.6 Å². The minimum atomic E-state index is -1.25. The molecule has 3 rings (SSSR count). The molecule has 41 heavy (non-hydrogen) atoms. The number of aromatic nitrogens is 2. The van der Waals surface area contributed by atoms with E-state index in [1.807, 2.05) is 0 Å². The second-order valence-electron chi connectivity index (χ2n) is 9.86. The third kappa shape index (κ3) is 9.20. The Kier molecular flexibility index (Phi) is 11.0. The Balaban J connectivity index is 1.72. The number of carboxylic acid groups (broad SMARTS) is 1. The molecule has 4 atom stereocenters. The van der Waals surface area contributed by atoms with Crippen LogP contribution >= 0.6 is 0 Å². The minimum Gasteiger partial charge on any atom is -0.508 e. The molecule has 15 heteroatoms. The van der Waals surface area contributed by atoms with Crippen molar-refractivity contribution in [1.29, 1.82) is 0 Å². The Morgan fingerprint density at radius 1 is 1.12 bits per heavy atom. The summed E-state index contributed by atoms with van der Waals surface area (Å²) in [5, 5.41) is 24.5. The number of aromatic hydroxyl groups is 1. The van der Waals surface area contributed by atoms with Gasteiger partial charge in [0.25, 0.3) is 0 Å². The highest BCUT2D eigenvalue weighted by Crippen LogP contribution is 2.20. The predicted molar refractivity (Wildman–Crippen MR) is 148 cm³/mol. The van der Waals surface area contributed by atoms with Gasteiger partial charge in [-0.25, -0.2) is 9.78 Å². The van der Waals surface area contributed by atoms with E-state index in [0.717, 1.165) is 0 Å². The van der Waals surface area contributed by atoms with Crippen LogP contribution in [0.1, 0.15) is 36.9 Å². The summed E-state index contributed by atoms with van der Waals surface area (Å²) in [5.41, 5.74) is 18.0. The van der Waals surface area contributed by atoms with Crippen LogP contribution in [0.2, 0.25) is 0 Å². The van der Waals surface area contributed by atoms with Crippen molar-refractivity contribution in [3.05, 3.63) is 48.0 Å². The Labute approximate surface area is 236 Å². The molecule has 1 fully saturated rings. The topological polar surface area (TPSA) is 255 Å². The number of hydrogen-bond donors (Lipinski definition) is 8. The number of hydrogen-bond acceptors (Lipinski definition) is 8. The molecule has 0 radical (unpaired) electrons. The van der Waals surface area contributed by atoms with Gasteiger partial charge in [-0.1, -0.05) is 12.1 Å². The third-order valence-corrected chi connectivity index (χ3v) is 6.72. The molecule has 1 aliphatic heterocycles. The first-order valence-electron chi connectivity index (χ1n) is 13.2. The maximum atomic E-state index is 13.4. The zero-order valence-corrected chi connectivity index (χ0v) is 22.5. The number of carboxylic acids is 1. The van der Waals surface area contributed by atoms with Crippen LogP contribution in [-0.4, -0.2) is 92.0 Å². The minimum absolute atomic E-state index is 0.0121. The highest BCUT2D eigenvalue weighted by Gasteiger charge is 2.38. The smallest absolute Gasteiger partial charge is 0.326 e. The first kappa shape index (κ1) is 30.9. The number of carbonyl (C=O) groups excluding carboxylic acids is 3. The SMILES string of the molecule is NC(N)=NCCCC(NC(=O)C(Cc1ccc(O)cc1)NC(=O)C1CCCN1C(=O)C(N)Cc1cnc[nH]1)C(=O)O. The standard InChI is InChI=1S/C26H37N9O6/c27-18(12-16-13-30-14-32-16)24(39)35-10-2-4-21(35)23(38)34-20(11-15-5-7-17(36)8-6-15)22(37)33-19(25(40)41)3-1-9-31-26(28)29/h5-8,13-14,18-21,36H,1-4,9-12,27H2,(H,30,32)(H,33,37)(H,34,38)(H,40,41)(H4,28,29,31). The van der Waals surface area contributed by atoms with Crippen molar-refractivity contribution in [1.82, 2.24) is 25.5 Å². The first-order valence-corrected chi connectivity index (χ1v) is 13.2. The number of guanidine groups is 1. The summed E-state index contributed by atoms with van der Waals surface area (Å²) in [6.45, 7) is 0.517. The van der Waals surface area contributed by atoms with Gasteiger partial charge in [-0.2, -0.15) is 0 Å². The lowest BCUT2D eigenvalue weighted by Crippen LogP contribution is -2.57. The molecule has 15 nitrogen and oxygen atoms in total. The number of carbonyl (C=O) groups is 4. The van der Waals surface area contributed by atoms with Gasteiger partial charge in [0.1, 0.15) is 23.9 Å². The molecule has 1 saturated heterocycles. The molecule has 3 amide bonds. The van der Waals surface area contributed by atoms with Crippen molar-refractivity contribution in [3.8, 4) is 5.75 Å². The van der Waals surface area contributed by atoms with Gasteiger partial charge in [0, 0.05) is 37.8 Å². The summed E-state index contributed by atoms with van der Waals surface area (Å²) in [4.78, 5) is 63.7. The van der Waals surface area contributed by atoms with Gasteiger partial charge < -0.3 is 47.9 Å². The lowest BCUT2D eigenvalue weighted by Gasteiger charge is -2.28. The fourth-order valence-corrected chi connectivity index (χ4v) is 4.61. The van der Waals surface area contributed by atoms with Crippen molar-refractivity contribution in [2.24, 2.45) is 22.2 Å². The van der Waals surface area contributed by atoms with Crippen LogP contribution < -0.4 is 27.8 Å². The molecule has 222 valence electrons. The van der Waals surface area contributed by atoms with Crippen molar-refractivity contribution in [2.45, 2.75) is 62.7 Å². The number of amides is 3. The number of phenolic OH excluding ortho intramolecular Hbond substituents is 1. The van der Waals surface area contributed by atoms with Gasteiger partial charge >= 0.3 is 5.97 Å². The molecule has 11 N–H and O–H groups in total. The van der Waals surface area contributed by atoms with E-state index in [9.17, 15) is 29.4 Å². The lowest BCUT2D eigenvalue weighted by atomic mass is 10.0. The monoisotopic (exact) mass is 571 g/mol. The van der Waals surface area contributed by atoms with Crippen molar-refractivity contribution in [3.63, 3.8) is 0 Å². The highest BCUT2D eigenvalue weighted by molar-refractivity contribution is 5.94. The molecule has 4 unspecified atom stereocenters. The van der Waals surface area contributed by atoms with E-state index in [4.69, 9.17) is 17.2 Å². The number of nitrogens with zero attached hydrogens (tertiary/aromatic N) is 3. The van der Waals surface area contributed by atoms with E-state index >= 15 is 0 Å². The summed E-state index contributed by atoms with van der Waals surface area (Å²) in [6, 6.07) is 1.90. The van der Waals surface area contributed by atoms with Crippen LogP contribution in [-0.2, 0) is 32.0 Å². The number of H-pyrrole nitrogens is 1. The largest absolute Gasteiger partial charge is 0.508 e. The molecular formula is C26H37N9O6. The Morgan fingerprint density at radius 3 is 2.49 bits per heavy atom. The summed E-state index contributed by atoms with van der Waals surface area (Å²) in [5.74, 6) is -3.02. The molecule has 0 bridgehead atoms. The van der Waals surface area contributed by atoms with Crippen molar-refractivity contribution >= 4 is 29.7 Å². The molecular weight excluding hydrogens is 534 g/mol. The number of rotatable bonds is 14. The fourth-order valence-electron chi connectivity index (χ4n) is 4.61. The van der Waals surface area contributed by atoms with E-state index in [0.29, 0.717) is 37.1 Å². The second kappa shape index (κ2) is 14.6. The van der Waals surface area contributed by atoms with Crippen LogP contribution in [0, 0.1) is 0 Å². The fraction of sp³-hybridized carbons (Fsp3) is 0.462. The molecule has 2 heterocycles. The van der Waals surface area contributed by atoms with Gasteiger partial charge in [-0.3, -0.25) is 19.4 Å². The molecule has 1 aromatic carbocycles. The van der Waals surface area contributed by atoms with Crippen LogP contribution in [0.25, 0.3) is 0 Å². The van der Waals surface area contributed by atoms with Gasteiger partial charge in [-0.15, -0.1) is 0 Å². The molecule has 0 saturated carbocycles. The number of aliphatic carboxylic acids is 1. The second-order valence-corrected chi connectivity index (χ2v) is 9.86. The van der Waals surface area contributed by atoms with Crippen molar-refractivity contribution < 1.29 is 29.4 Å². The van der Waals surface area contributed by atoms with Gasteiger partial charge in [0.15, 0.2) is 5.96 Å². The maximum Gasteiger partial charge on any atom is 0.326 e. The number of aromatic amines is 1. The molecule has 0 spiro atoms. The predicted octanol–water partition coefficient (Wildman–Crippen LogP) is -1.67. The lowest BCUT2D eigenvalue weighted by molar-refractivity contribution is -0.143. The van der Waals surface area contributed by atoms with Crippen LogP contribution in [0.15, 0.2) is 41.8 Å². The third-order valence-electron chi connectivity index (χ3n) is 6.72. The Hall–Kier alpha value is -4.66. The summed E-state index contributed by atoms with van der Waals surface area (Å²) in [6.07, 6.45) is 4.58. The molecule has 1 aliphatic rings. The van der Waals surface area contributed by atoms with E-state index in [-0.39, 0.29) is 37.5 Å². The summed E-state index contributed by atoms with van der Waals surface area (Å²) in [7, 11) is 0. The molecule has 1 aromatic heterocycles. The maximum absolute atomic E-state index is 13.4. The quantitative estimate of drug-likeness (QED) is 0.0726. The zero-order chi connectivity index (χ0) is 29.9. The summed E-state index contributed by atoms with van der Waals surface area (Å²) >= 11 is 0. The van der Waals surface area contributed by atoms with Crippen LogP contribution in [0.5, 0.6) is 5.75 Å². The highest BCUT2D eigenvalue weighted by atomic mass is 16.4. The molecule has 0 aliphatic carbocycles. The molecule has 2 aromatic rings. The van der Waals surface area contributed by atoms with E-state index in [1.165, 1.54) is 23.4 Å². The van der Waals surface area contributed by atoms with Crippen LogP contribution in [0.4, 0.5) is 0 Å². The average Bonchev–Trinajstić information content (AvgIpc) is 3.63. The van der Waals surface area contributed by atoms with Crippen LogP contribution in [0.3, 0.4) is 0 Å². The number of nitrogens with two attached hydrogens (primary N) is 3. The Morgan fingerprint density at radius 2 is 1.85 bits per heavy atom. The van der Waals surface area contributed by atoms with Gasteiger partial charge in [-0.05, 0) is 43.4 Å². The number of phenols is 1.